The first kappa shape index (κ1) is 12.5. The number of nitrogens with two attached hydrogens (primary N) is 1. The first-order valence-electron chi connectivity index (χ1n) is 5.76. The Hall–Kier alpha value is -0.610. The molecule has 1 aliphatic heterocycles. The van der Waals surface area contributed by atoms with E-state index in [1.807, 2.05) is 13.8 Å². The minimum atomic E-state index is -0.409. The second-order valence-electron chi connectivity index (χ2n) is 4.50. The number of carbonyl (C=O) groups excluding carboxylic acids is 1. The van der Waals surface area contributed by atoms with Crippen LogP contribution in [0, 0.1) is 5.92 Å². The van der Waals surface area contributed by atoms with E-state index in [4.69, 9.17) is 10.5 Å². The summed E-state index contributed by atoms with van der Waals surface area (Å²) in [5.74, 6) is 0.108. The fourth-order valence-corrected chi connectivity index (χ4v) is 1.60. The van der Waals surface area contributed by atoms with E-state index in [0.29, 0.717) is 6.54 Å². The second-order valence-corrected chi connectivity index (χ2v) is 4.50. The third-order valence-corrected chi connectivity index (χ3v) is 2.80. The first-order valence-corrected chi connectivity index (χ1v) is 5.76. The van der Waals surface area contributed by atoms with Crippen molar-refractivity contribution in [3.05, 3.63) is 0 Å². The van der Waals surface area contributed by atoms with Crippen LogP contribution in [-0.4, -0.2) is 31.2 Å². The summed E-state index contributed by atoms with van der Waals surface area (Å²) in [6, 6.07) is -0.409. The highest BCUT2D eigenvalue weighted by atomic mass is 16.5. The van der Waals surface area contributed by atoms with E-state index in [9.17, 15) is 4.79 Å². The molecule has 1 unspecified atom stereocenters. The van der Waals surface area contributed by atoms with E-state index in [1.165, 1.54) is 6.42 Å². The Morgan fingerprint density at radius 2 is 2.27 bits per heavy atom. The largest absolute Gasteiger partial charge is 0.376 e. The highest BCUT2D eigenvalue weighted by molar-refractivity contribution is 5.81. The molecular formula is C11H22N2O2. The number of hydrogen-bond donors (Lipinski definition) is 2. The summed E-state index contributed by atoms with van der Waals surface area (Å²) in [5, 5.41) is 2.84. The first-order chi connectivity index (χ1) is 7.11. The number of ether oxygens (including phenoxy) is 1. The molecular weight excluding hydrogens is 192 g/mol. The maximum Gasteiger partial charge on any atom is 0.237 e. The number of nitrogens with one attached hydrogen (secondary N) is 1. The van der Waals surface area contributed by atoms with Crippen molar-refractivity contribution < 1.29 is 9.53 Å². The average molecular weight is 214 g/mol. The smallest absolute Gasteiger partial charge is 0.237 e. The zero-order valence-electron chi connectivity index (χ0n) is 9.66. The number of rotatable bonds is 4. The molecule has 0 aromatic rings. The van der Waals surface area contributed by atoms with Crippen LogP contribution in [0.3, 0.4) is 0 Å². The molecule has 4 heteroatoms. The molecule has 2 atom stereocenters. The summed E-state index contributed by atoms with van der Waals surface area (Å²) in [6.07, 6.45) is 3.55. The predicted molar refractivity (Wildman–Crippen MR) is 59.4 cm³/mol. The number of hydrogen-bond acceptors (Lipinski definition) is 3. The Balaban J connectivity index is 2.20. The Morgan fingerprint density at radius 3 is 2.80 bits per heavy atom. The Labute approximate surface area is 91.5 Å². The van der Waals surface area contributed by atoms with Gasteiger partial charge in [-0.1, -0.05) is 13.8 Å². The van der Waals surface area contributed by atoms with Crippen molar-refractivity contribution in [2.24, 2.45) is 11.7 Å². The van der Waals surface area contributed by atoms with E-state index in [0.717, 1.165) is 19.4 Å². The van der Waals surface area contributed by atoms with Crippen LogP contribution in [0.25, 0.3) is 0 Å². The quantitative estimate of drug-likeness (QED) is 0.722. The lowest BCUT2D eigenvalue weighted by atomic mass is 10.0. The molecule has 1 amide bonds. The van der Waals surface area contributed by atoms with Gasteiger partial charge in [0.1, 0.15) is 0 Å². The highest BCUT2D eigenvalue weighted by Gasteiger charge is 2.19. The molecule has 0 aromatic heterocycles. The Kier molecular flexibility index (Phi) is 5.05. The highest BCUT2D eigenvalue weighted by Crippen LogP contribution is 2.11. The van der Waals surface area contributed by atoms with Crippen LogP contribution >= 0.6 is 0 Å². The standard InChI is InChI=1S/C11H22N2O2/c1-8(2)10(12)11(14)13-7-9-5-3-4-6-15-9/h8-10H,3-7,12H2,1-2H3,(H,13,14)/t9?,10-/m1/s1. The van der Waals surface area contributed by atoms with Gasteiger partial charge in [0, 0.05) is 13.2 Å². The van der Waals surface area contributed by atoms with Gasteiger partial charge in [-0.3, -0.25) is 4.79 Å². The predicted octanol–water partition coefficient (Wildman–Crippen LogP) is 0.655. The van der Waals surface area contributed by atoms with Crippen molar-refractivity contribution in [1.82, 2.24) is 5.32 Å². The van der Waals surface area contributed by atoms with Gasteiger partial charge >= 0.3 is 0 Å². The number of amides is 1. The molecule has 0 spiro atoms. The molecule has 88 valence electrons. The van der Waals surface area contributed by atoms with Crippen LogP contribution in [0.15, 0.2) is 0 Å². The van der Waals surface area contributed by atoms with E-state index < -0.39 is 6.04 Å². The van der Waals surface area contributed by atoms with Crippen molar-refractivity contribution in [3.63, 3.8) is 0 Å². The molecule has 1 rings (SSSR count). The maximum absolute atomic E-state index is 11.5. The van der Waals surface area contributed by atoms with Crippen LogP contribution in [0.4, 0.5) is 0 Å². The minimum Gasteiger partial charge on any atom is -0.376 e. The van der Waals surface area contributed by atoms with Crippen LogP contribution in [0.1, 0.15) is 33.1 Å². The van der Waals surface area contributed by atoms with Gasteiger partial charge in [0.15, 0.2) is 0 Å². The third-order valence-electron chi connectivity index (χ3n) is 2.80. The van der Waals surface area contributed by atoms with Gasteiger partial charge in [0.2, 0.25) is 5.91 Å². The minimum absolute atomic E-state index is 0.0702. The van der Waals surface area contributed by atoms with Crippen LogP contribution in [0.2, 0.25) is 0 Å². The van der Waals surface area contributed by atoms with Crippen LogP contribution < -0.4 is 11.1 Å². The van der Waals surface area contributed by atoms with Crippen molar-refractivity contribution in [3.8, 4) is 0 Å². The fourth-order valence-electron chi connectivity index (χ4n) is 1.60. The third kappa shape index (κ3) is 4.18. The van der Waals surface area contributed by atoms with Crippen LogP contribution in [-0.2, 0) is 9.53 Å². The average Bonchev–Trinajstić information content (AvgIpc) is 2.26. The van der Waals surface area contributed by atoms with E-state index >= 15 is 0 Å². The molecule has 0 bridgehead atoms. The Bertz CT molecular complexity index is 201. The topological polar surface area (TPSA) is 64.4 Å². The fraction of sp³-hybridized carbons (Fsp3) is 0.909. The molecule has 1 saturated heterocycles. The molecule has 0 aliphatic carbocycles. The van der Waals surface area contributed by atoms with Crippen LogP contribution in [0.5, 0.6) is 0 Å². The lowest BCUT2D eigenvalue weighted by Crippen LogP contribution is -2.46. The normalized spacial score (nSPS) is 23.9. The molecule has 15 heavy (non-hydrogen) atoms. The van der Waals surface area contributed by atoms with Crippen molar-refractivity contribution >= 4 is 5.91 Å². The summed E-state index contributed by atoms with van der Waals surface area (Å²) in [6.45, 7) is 5.30. The SMILES string of the molecule is CC(C)[C@@H](N)C(=O)NCC1CCCCO1. The molecule has 0 radical (unpaired) electrons. The molecule has 1 aliphatic rings. The zero-order chi connectivity index (χ0) is 11.3. The lowest BCUT2D eigenvalue weighted by molar-refractivity contribution is -0.124. The summed E-state index contributed by atoms with van der Waals surface area (Å²) in [5.41, 5.74) is 5.72. The summed E-state index contributed by atoms with van der Waals surface area (Å²) < 4.78 is 5.51. The molecule has 1 heterocycles. The van der Waals surface area contributed by atoms with E-state index in [2.05, 4.69) is 5.32 Å². The zero-order valence-corrected chi connectivity index (χ0v) is 9.66. The van der Waals surface area contributed by atoms with Gasteiger partial charge in [0.25, 0.3) is 0 Å². The Morgan fingerprint density at radius 1 is 1.53 bits per heavy atom. The van der Waals surface area contributed by atoms with Gasteiger partial charge in [-0.15, -0.1) is 0 Å². The van der Waals surface area contributed by atoms with Crippen molar-refractivity contribution in [1.29, 1.82) is 0 Å². The molecule has 4 nitrogen and oxygen atoms in total. The molecule has 1 fully saturated rings. The summed E-state index contributed by atoms with van der Waals surface area (Å²) in [4.78, 5) is 11.5. The van der Waals surface area contributed by atoms with Gasteiger partial charge < -0.3 is 15.8 Å². The van der Waals surface area contributed by atoms with Gasteiger partial charge in [-0.05, 0) is 25.2 Å². The summed E-state index contributed by atoms with van der Waals surface area (Å²) >= 11 is 0. The summed E-state index contributed by atoms with van der Waals surface area (Å²) in [7, 11) is 0. The van der Waals surface area contributed by atoms with Crippen molar-refractivity contribution in [2.45, 2.75) is 45.3 Å². The van der Waals surface area contributed by atoms with E-state index in [-0.39, 0.29) is 17.9 Å². The second kappa shape index (κ2) is 6.08. The monoisotopic (exact) mass is 214 g/mol. The molecule has 0 aromatic carbocycles. The lowest BCUT2D eigenvalue weighted by Gasteiger charge is -2.24. The number of carbonyl (C=O) groups is 1. The van der Waals surface area contributed by atoms with Gasteiger partial charge in [-0.2, -0.15) is 0 Å². The van der Waals surface area contributed by atoms with E-state index in [1.54, 1.807) is 0 Å². The van der Waals surface area contributed by atoms with Gasteiger partial charge in [-0.25, -0.2) is 0 Å². The van der Waals surface area contributed by atoms with Crippen molar-refractivity contribution in [2.75, 3.05) is 13.2 Å². The molecule has 3 N–H and O–H groups in total. The maximum atomic E-state index is 11.5. The molecule has 0 saturated carbocycles. The van der Waals surface area contributed by atoms with Gasteiger partial charge in [0.05, 0.1) is 12.1 Å².